The predicted octanol–water partition coefficient (Wildman–Crippen LogP) is 4.41. The van der Waals surface area contributed by atoms with Crippen molar-refractivity contribution in [2.45, 2.75) is 25.2 Å². The molecule has 0 saturated heterocycles. The molecule has 2 bridgehead atoms. The van der Waals surface area contributed by atoms with Crippen LogP contribution < -0.4 is 0 Å². The highest BCUT2D eigenvalue weighted by Gasteiger charge is 2.69. The number of hydrogen-bond acceptors (Lipinski definition) is 2. The van der Waals surface area contributed by atoms with Crippen LogP contribution in [0.4, 0.5) is 17.6 Å². The molecule has 1 aromatic heterocycles. The van der Waals surface area contributed by atoms with Gasteiger partial charge < -0.3 is 0 Å². The topological polar surface area (TPSA) is 25.8 Å². The quantitative estimate of drug-likeness (QED) is 0.674. The number of nitrogens with zero attached hydrogens (tertiary/aromatic N) is 2. The zero-order valence-electron chi connectivity index (χ0n) is 11.9. The molecule has 0 saturated carbocycles. The minimum atomic E-state index is -2.77. The Morgan fingerprint density at radius 2 is 1.18 bits per heavy atom. The van der Waals surface area contributed by atoms with Gasteiger partial charge in [-0.1, -0.05) is 26.0 Å². The van der Waals surface area contributed by atoms with Gasteiger partial charge in [0.05, 0.1) is 11.0 Å². The molecule has 5 rings (SSSR count). The van der Waals surface area contributed by atoms with Crippen molar-refractivity contribution in [3.63, 3.8) is 0 Å². The smallest absolute Gasteiger partial charge is 0.211 e. The maximum atomic E-state index is 15.4. The molecule has 0 fully saturated rings. The summed E-state index contributed by atoms with van der Waals surface area (Å²) >= 11 is 0. The van der Waals surface area contributed by atoms with Crippen LogP contribution in [0.15, 0.2) is 35.9 Å². The van der Waals surface area contributed by atoms with Gasteiger partial charge in [-0.05, 0) is 12.1 Å². The van der Waals surface area contributed by atoms with E-state index in [4.69, 9.17) is 0 Å². The fourth-order valence-corrected chi connectivity index (χ4v) is 3.55. The van der Waals surface area contributed by atoms with Gasteiger partial charge in [0, 0.05) is 11.8 Å². The molecule has 0 N–H and O–H groups in total. The van der Waals surface area contributed by atoms with Crippen LogP contribution in [0.3, 0.4) is 0 Å². The lowest BCUT2D eigenvalue weighted by atomic mass is 9.59. The first kappa shape index (κ1) is 13.7. The molecule has 6 heteroatoms. The Labute approximate surface area is 123 Å². The summed E-state index contributed by atoms with van der Waals surface area (Å²) in [5.41, 5.74) is -5.80. The van der Waals surface area contributed by atoms with Crippen molar-refractivity contribution in [2.24, 2.45) is 11.8 Å². The summed E-state index contributed by atoms with van der Waals surface area (Å²) in [6.07, 6.45) is 0. The number of aromatic nitrogens is 2. The number of fused-ring (bicyclic) bond motifs is 2. The normalized spacial score (nSPS) is 36.8. The van der Waals surface area contributed by atoms with Crippen molar-refractivity contribution in [3.8, 4) is 0 Å². The van der Waals surface area contributed by atoms with Crippen LogP contribution in [0.1, 0.15) is 25.2 Å². The van der Waals surface area contributed by atoms with Crippen LogP contribution in [-0.2, 0) is 11.3 Å². The Hall–Kier alpha value is -1.98. The monoisotopic (exact) mass is 308 g/mol. The molecule has 1 heterocycles. The summed E-state index contributed by atoms with van der Waals surface area (Å²) in [6, 6.07) is 6.48. The first-order valence-electron chi connectivity index (χ1n) is 7.04. The number of halogens is 4. The molecule has 114 valence electrons. The number of benzene rings is 1. The number of hydrogen-bond donors (Lipinski definition) is 0. The average molecular weight is 308 g/mol. The lowest BCUT2D eigenvalue weighted by molar-refractivity contribution is -0.0696. The third-order valence-electron chi connectivity index (χ3n) is 5.10. The van der Waals surface area contributed by atoms with Crippen molar-refractivity contribution in [1.82, 2.24) is 9.97 Å². The molecule has 22 heavy (non-hydrogen) atoms. The van der Waals surface area contributed by atoms with Crippen molar-refractivity contribution in [3.05, 3.63) is 47.3 Å². The zero-order chi connectivity index (χ0) is 15.9. The summed E-state index contributed by atoms with van der Waals surface area (Å²) in [4.78, 5) is 8.13. The number of rotatable bonds is 0. The van der Waals surface area contributed by atoms with Crippen molar-refractivity contribution < 1.29 is 17.6 Å². The Balaban J connectivity index is 2.17. The van der Waals surface area contributed by atoms with E-state index in [2.05, 4.69) is 9.97 Å². The van der Waals surface area contributed by atoms with E-state index < -0.39 is 46.2 Å². The van der Waals surface area contributed by atoms with Crippen LogP contribution in [-0.4, -0.2) is 9.97 Å². The SMILES string of the molecule is C[C@@H]1[C@H](C)[C@@]2(F)C(F)=C(F)[C@]1(F)c1nc3ccccc3nc12. The molecule has 0 aliphatic heterocycles. The Morgan fingerprint density at radius 3 is 1.55 bits per heavy atom. The predicted molar refractivity (Wildman–Crippen MR) is 72.7 cm³/mol. The van der Waals surface area contributed by atoms with E-state index in [0.29, 0.717) is 11.0 Å². The second-order valence-corrected chi connectivity index (χ2v) is 6.04. The van der Waals surface area contributed by atoms with Gasteiger partial charge in [0.25, 0.3) is 0 Å². The average Bonchev–Trinajstić information content (AvgIpc) is 2.54. The van der Waals surface area contributed by atoms with Crippen molar-refractivity contribution in [2.75, 3.05) is 0 Å². The first-order valence-corrected chi connectivity index (χ1v) is 7.04. The van der Waals surface area contributed by atoms with Crippen molar-refractivity contribution in [1.29, 1.82) is 0 Å². The number of para-hydroxylation sites is 2. The molecular weight excluding hydrogens is 296 g/mol. The molecular formula is C16H12F4N2. The van der Waals surface area contributed by atoms with E-state index in [9.17, 15) is 8.78 Å². The zero-order valence-corrected chi connectivity index (χ0v) is 11.9. The molecule has 0 spiro atoms. The summed E-state index contributed by atoms with van der Waals surface area (Å²) in [7, 11) is 0. The van der Waals surface area contributed by atoms with E-state index in [1.807, 2.05) is 0 Å². The maximum Gasteiger partial charge on any atom is 0.211 e. The van der Waals surface area contributed by atoms with Gasteiger partial charge in [-0.3, -0.25) is 0 Å². The Bertz CT molecular complexity index is 781. The molecule has 0 unspecified atom stereocenters. The molecule has 2 aromatic rings. The fourth-order valence-electron chi connectivity index (χ4n) is 3.55. The van der Waals surface area contributed by atoms with Gasteiger partial charge in [0.2, 0.25) is 11.3 Å². The van der Waals surface area contributed by atoms with E-state index in [-0.39, 0.29) is 0 Å². The third-order valence-corrected chi connectivity index (χ3v) is 5.10. The highest BCUT2D eigenvalue weighted by Crippen LogP contribution is 2.65. The number of alkyl halides is 2. The van der Waals surface area contributed by atoms with E-state index in [0.717, 1.165) is 0 Å². The van der Waals surface area contributed by atoms with E-state index in [1.54, 1.807) is 24.3 Å². The van der Waals surface area contributed by atoms with Gasteiger partial charge in [-0.15, -0.1) is 0 Å². The second kappa shape index (κ2) is 3.86. The van der Waals surface area contributed by atoms with Crippen LogP contribution in [0.2, 0.25) is 0 Å². The largest absolute Gasteiger partial charge is 0.245 e. The standard InChI is InChI=1S/C16H12F4N2/c1-7-8(2)16(20)12(18)11(17)15(7,19)13-14(16)22-10-6-4-3-5-9(10)21-13/h3-8H,1-2H3/t7-,8+,15+,16-. The summed E-state index contributed by atoms with van der Waals surface area (Å²) in [5.74, 6) is -5.59. The molecule has 0 radical (unpaired) electrons. The van der Waals surface area contributed by atoms with Gasteiger partial charge in [0.15, 0.2) is 11.7 Å². The summed E-state index contributed by atoms with van der Waals surface area (Å²) in [5, 5.41) is 0. The first-order chi connectivity index (χ1) is 10.3. The molecule has 3 aliphatic carbocycles. The lowest BCUT2D eigenvalue weighted by Gasteiger charge is -2.50. The second-order valence-electron chi connectivity index (χ2n) is 6.04. The summed E-state index contributed by atoms with van der Waals surface area (Å²) in [6.45, 7) is 2.73. The molecule has 2 nitrogen and oxygen atoms in total. The third kappa shape index (κ3) is 1.23. The van der Waals surface area contributed by atoms with Crippen LogP contribution >= 0.6 is 0 Å². The Morgan fingerprint density at radius 1 is 0.818 bits per heavy atom. The van der Waals surface area contributed by atoms with Gasteiger partial charge >= 0.3 is 0 Å². The molecule has 4 atom stereocenters. The van der Waals surface area contributed by atoms with Crippen LogP contribution in [0.25, 0.3) is 11.0 Å². The van der Waals surface area contributed by atoms with Gasteiger partial charge in [0.1, 0.15) is 11.4 Å². The maximum absolute atomic E-state index is 15.4. The van der Waals surface area contributed by atoms with Crippen LogP contribution in [0.5, 0.6) is 0 Å². The van der Waals surface area contributed by atoms with Gasteiger partial charge in [-0.2, -0.15) is 0 Å². The summed E-state index contributed by atoms with van der Waals surface area (Å²) < 4.78 is 59.2. The minimum Gasteiger partial charge on any atom is -0.245 e. The minimum absolute atomic E-state index is 0.322. The fraction of sp³-hybridized carbons (Fsp3) is 0.375. The Kier molecular flexibility index (Phi) is 2.40. The number of allylic oxidation sites excluding steroid dienone is 2. The van der Waals surface area contributed by atoms with E-state index >= 15 is 8.78 Å². The molecule has 0 amide bonds. The highest BCUT2D eigenvalue weighted by molar-refractivity contribution is 5.75. The van der Waals surface area contributed by atoms with Crippen LogP contribution in [0, 0.1) is 11.8 Å². The van der Waals surface area contributed by atoms with Gasteiger partial charge in [-0.25, -0.2) is 27.5 Å². The van der Waals surface area contributed by atoms with Crippen molar-refractivity contribution >= 4 is 11.0 Å². The molecule has 1 aromatic carbocycles. The highest BCUT2D eigenvalue weighted by atomic mass is 19.2. The molecule has 3 aliphatic rings. The lowest BCUT2D eigenvalue weighted by Crippen LogP contribution is -2.55. The van der Waals surface area contributed by atoms with E-state index in [1.165, 1.54) is 13.8 Å².